The zero-order chi connectivity index (χ0) is 15.1. The number of nitrogens with zero attached hydrogens (tertiary/aromatic N) is 5. The summed E-state index contributed by atoms with van der Waals surface area (Å²) in [6.45, 7) is 1.94. The Bertz CT molecular complexity index is 723. The summed E-state index contributed by atoms with van der Waals surface area (Å²) in [5, 5.41) is 4.98. The SMILES string of the molecule is CC1CC(=O)N(Cc2nc(Cl)c3cnn(C)c3n2)C(=O)C1. The Morgan fingerprint density at radius 1 is 1.29 bits per heavy atom. The van der Waals surface area contributed by atoms with Crippen LogP contribution >= 0.6 is 11.6 Å². The lowest BCUT2D eigenvalue weighted by Crippen LogP contribution is -2.42. The van der Waals surface area contributed by atoms with Crippen LogP contribution in [0.15, 0.2) is 6.20 Å². The van der Waals surface area contributed by atoms with Crippen LogP contribution < -0.4 is 0 Å². The summed E-state index contributed by atoms with van der Waals surface area (Å²) < 4.78 is 1.58. The maximum absolute atomic E-state index is 12.0. The standard InChI is InChI=1S/C13H14ClN5O2/c1-7-3-10(20)19(11(21)4-7)6-9-16-12(14)8-5-15-18(2)13(8)17-9/h5,7H,3-4,6H2,1-2H3. The third-order valence-corrected chi connectivity index (χ3v) is 3.83. The van der Waals surface area contributed by atoms with Crippen molar-refractivity contribution in [2.75, 3.05) is 0 Å². The molecule has 1 saturated heterocycles. The Balaban J connectivity index is 1.92. The first-order valence-corrected chi connectivity index (χ1v) is 7.01. The van der Waals surface area contributed by atoms with Crippen molar-refractivity contribution in [2.24, 2.45) is 13.0 Å². The summed E-state index contributed by atoms with van der Waals surface area (Å²) in [7, 11) is 1.74. The van der Waals surface area contributed by atoms with Crippen molar-refractivity contribution < 1.29 is 9.59 Å². The topological polar surface area (TPSA) is 81.0 Å². The van der Waals surface area contributed by atoms with E-state index in [2.05, 4.69) is 15.1 Å². The molecule has 3 rings (SSSR count). The van der Waals surface area contributed by atoms with Crippen LogP contribution in [0.4, 0.5) is 0 Å². The van der Waals surface area contributed by atoms with E-state index in [0.29, 0.717) is 29.7 Å². The van der Waals surface area contributed by atoms with E-state index in [1.54, 1.807) is 17.9 Å². The number of halogens is 1. The molecule has 3 heterocycles. The van der Waals surface area contributed by atoms with Gasteiger partial charge < -0.3 is 0 Å². The largest absolute Gasteiger partial charge is 0.275 e. The molecular formula is C13H14ClN5O2. The van der Waals surface area contributed by atoms with Gasteiger partial charge in [-0.25, -0.2) is 9.97 Å². The highest BCUT2D eigenvalue weighted by Gasteiger charge is 2.31. The molecule has 0 radical (unpaired) electrons. The van der Waals surface area contributed by atoms with Gasteiger partial charge in [0.05, 0.1) is 18.1 Å². The third kappa shape index (κ3) is 2.49. The number of amides is 2. The van der Waals surface area contributed by atoms with Crippen LogP contribution in [0.3, 0.4) is 0 Å². The summed E-state index contributed by atoms with van der Waals surface area (Å²) in [6, 6.07) is 0. The average Bonchev–Trinajstić information content (AvgIpc) is 2.76. The predicted molar refractivity (Wildman–Crippen MR) is 75.3 cm³/mol. The van der Waals surface area contributed by atoms with Gasteiger partial charge in [0.2, 0.25) is 11.8 Å². The molecule has 1 aliphatic rings. The van der Waals surface area contributed by atoms with E-state index >= 15 is 0 Å². The molecule has 1 fully saturated rings. The summed E-state index contributed by atoms with van der Waals surface area (Å²) in [5.74, 6) is 0.0461. The van der Waals surface area contributed by atoms with Crippen molar-refractivity contribution in [1.29, 1.82) is 0 Å². The summed E-state index contributed by atoms with van der Waals surface area (Å²) in [6.07, 6.45) is 2.32. The molecule has 0 atom stereocenters. The average molecular weight is 308 g/mol. The molecule has 8 heteroatoms. The van der Waals surface area contributed by atoms with E-state index < -0.39 is 0 Å². The highest BCUT2D eigenvalue weighted by molar-refractivity contribution is 6.33. The van der Waals surface area contributed by atoms with Gasteiger partial charge in [-0.3, -0.25) is 19.2 Å². The smallest absolute Gasteiger partial charge is 0.229 e. The third-order valence-electron chi connectivity index (χ3n) is 3.54. The minimum Gasteiger partial charge on any atom is -0.275 e. The van der Waals surface area contributed by atoms with Gasteiger partial charge in [0.1, 0.15) is 5.15 Å². The number of carbonyl (C=O) groups is 2. The predicted octanol–water partition coefficient (Wildman–Crippen LogP) is 1.30. The first-order chi connectivity index (χ1) is 9.95. The molecule has 0 unspecified atom stereocenters. The molecule has 2 amide bonds. The summed E-state index contributed by atoms with van der Waals surface area (Å²) in [5.41, 5.74) is 0.579. The first kappa shape index (κ1) is 13.9. The molecule has 2 aromatic heterocycles. The molecule has 2 aromatic rings. The van der Waals surface area contributed by atoms with Crippen LogP contribution in [-0.4, -0.2) is 36.5 Å². The zero-order valence-corrected chi connectivity index (χ0v) is 12.5. The van der Waals surface area contributed by atoms with Gasteiger partial charge in [-0.15, -0.1) is 0 Å². The monoisotopic (exact) mass is 307 g/mol. The first-order valence-electron chi connectivity index (χ1n) is 6.63. The highest BCUT2D eigenvalue weighted by atomic mass is 35.5. The van der Waals surface area contributed by atoms with Gasteiger partial charge in [-0.1, -0.05) is 18.5 Å². The normalized spacial score (nSPS) is 17.0. The Kier molecular flexibility index (Phi) is 3.36. The van der Waals surface area contributed by atoms with Crippen molar-refractivity contribution in [3.05, 3.63) is 17.2 Å². The molecule has 0 spiro atoms. The lowest BCUT2D eigenvalue weighted by molar-refractivity contribution is -0.150. The number of likely N-dealkylation sites (tertiary alicyclic amines) is 1. The maximum atomic E-state index is 12.0. The molecule has 0 bridgehead atoms. The maximum Gasteiger partial charge on any atom is 0.229 e. The van der Waals surface area contributed by atoms with Gasteiger partial charge in [-0.05, 0) is 5.92 Å². The molecule has 0 aromatic carbocycles. The molecule has 21 heavy (non-hydrogen) atoms. The molecule has 0 N–H and O–H groups in total. The second-order valence-corrected chi connectivity index (χ2v) is 5.68. The van der Waals surface area contributed by atoms with Crippen molar-refractivity contribution >= 4 is 34.4 Å². The summed E-state index contributed by atoms with van der Waals surface area (Å²) >= 11 is 6.10. The zero-order valence-electron chi connectivity index (χ0n) is 11.7. The minimum absolute atomic E-state index is 0.0469. The second-order valence-electron chi connectivity index (χ2n) is 5.32. The number of hydrogen-bond donors (Lipinski definition) is 0. The Morgan fingerprint density at radius 2 is 1.95 bits per heavy atom. The van der Waals surface area contributed by atoms with Gasteiger partial charge in [0.25, 0.3) is 0 Å². The summed E-state index contributed by atoms with van der Waals surface area (Å²) in [4.78, 5) is 33.7. The molecule has 1 aliphatic heterocycles. The van der Waals surface area contributed by atoms with Gasteiger partial charge in [0.15, 0.2) is 11.5 Å². The van der Waals surface area contributed by atoms with Crippen LogP contribution in [0.25, 0.3) is 11.0 Å². The van der Waals surface area contributed by atoms with Crippen LogP contribution in [0, 0.1) is 5.92 Å². The fourth-order valence-electron chi connectivity index (χ4n) is 2.45. The quantitative estimate of drug-likeness (QED) is 0.617. The van der Waals surface area contributed by atoms with Gasteiger partial charge in [0, 0.05) is 19.9 Å². The second kappa shape index (κ2) is 5.07. The molecule has 7 nitrogen and oxygen atoms in total. The minimum atomic E-state index is -0.191. The van der Waals surface area contributed by atoms with Crippen molar-refractivity contribution in [1.82, 2.24) is 24.6 Å². The van der Waals surface area contributed by atoms with E-state index in [1.807, 2.05) is 6.92 Å². The van der Waals surface area contributed by atoms with E-state index in [0.717, 1.165) is 0 Å². The van der Waals surface area contributed by atoms with Crippen molar-refractivity contribution in [3.8, 4) is 0 Å². The number of rotatable bonds is 2. The Labute approximate surface area is 125 Å². The van der Waals surface area contributed by atoms with Crippen molar-refractivity contribution in [3.63, 3.8) is 0 Å². The number of aromatic nitrogens is 4. The van der Waals surface area contributed by atoms with Crippen LogP contribution in [0.2, 0.25) is 5.15 Å². The lowest BCUT2D eigenvalue weighted by Gasteiger charge is -2.27. The molecule has 0 aliphatic carbocycles. The number of imide groups is 1. The number of hydrogen-bond acceptors (Lipinski definition) is 5. The fraction of sp³-hybridized carbons (Fsp3) is 0.462. The van der Waals surface area contributed by atoms with E-state index in [1.165, 1.54) is 4.90 Å². The van der Waals surface area contributed by atoms with Crippen molar-refractivity contribution in [2.45, 2.75) is 26.3 Å². The number of piperidine rings is 1. The van der Waals surface area contributed by atoms with E-state index in [4.69, 9.17) is 11.6 Å². The molecular weight excluding hydrogens is 294 g/mol. The fourth-order valence-corrected chi connectivity index (χ4v) is 2.68. The molecule has 0 saturated carbocycles. The van der Waals surface area contributed by atoms with E-state index in [-0.39, 0.29) is 29.4 Å². The highest BCUT2D eigenvalue weighted by Crippen LogP contribution is 2.23. The van der Waals surface area contributed by atoms with Gasteiger partial charge >= 0.3 is 0 Å². The number of aryl methyl sites for hydroxylation is 1. The van der Waals surface area contributed by atoms with Gasteiger partial charge in [-0.2, -0.15) is 5.10 Å². The Morgan fingerprint density at radius 3 is 2.62 bits per heavy atom. The lowest BCUT2D eigenvalue weighted by atomic mass is 9.98. The van der Waals surface area contributed by atoms with Crippen LogP contribution in [-0.2, 0) is 23.2 Å². The number of fused-ring (bicyclic) bond motifs is 1. The van der Waals surface area contributed by atoms with Crippen LogP contribution in [0.5, 0.6) is 0 Å². The van der Waals surface area contributed by atoms with E-state index in [9.17, 15) is 9.59 Å². The van der Waals surface area contributed by atoms with Crippen LogP contribution in [0.1, 0.15) is 25.6 Å². The Hall–Kier alpha value is -2.02. The molecule has 110 valence electrons. The number of carbonyl (C=O) groups excluding carboxylic acids is 2.